The van der Waals surface area contributed by atoms with E-state index in [4.69, 9.17) is 5.73 Å². The van der Waals surface area contributed by atoms with Crippen LogP contribution in [0.25, 0.3) is 0 Å². The molecule has 0 aliphatic heterocycles. The third-order valence-corrected chi connectivity index (χ3v) is 1.83. The average Bonchev–Trinajstić information content (AvgIpc) is 2.07. The van der Waals surface area contributed by atoms with Gasteiger partial charge < -0.3 is 11.1 Å². The second kappa shape index (κ2) is 4.18. The first-order chi connectivity index (χ1) is 6.09. The average molecular weight is 198 g/mol. The fourth-order valence-corrected chi connectivity index (χ4v) is 1.08. The summed E-state index contributed by atoms with van der Waals surface area (Å²) in [5.41, 5.74) is 6.85. The van der Waals surface area contributed by atoms with Gasteiger partial charge in [-0.15, -0.1) is 0 Å². The lowest BCUT2D eigenvalue weighted by molar-refractivity contribution is 0.617. The van der Waals surface area contributed by atoms with Crippen LogP contribution in [0.2, 0.25) is 0 Å². The van der Waals surface area contributed by atoms with Gasteiger partial charge in [-0.25, -0.2) is 4.39 Å². The van der Waals surface area contributed by atoms with E-state index in [1.165, 1.54) is 6.07 Å². The quantitative estimate of drug-likeness (QED) is 0.707. The van der Waals surface area contributed by atoms with Gasteiger partial charge in [0.15, 0.2) is 5.11 Å². The number of rotatable bonds is 2. The molecule has 0 saturated heterocycles. The summed E-state index contributed by atoms with van der Waals surface area (Å²) in [6.07, 6.45) is 0. The van der Waals surface area contributed by atoms with Crippen molar-refractivity contribution in [1.82, 2.24) is 5.32 Å². The van der Waals surface area contributed by atoms with Crippen LogP contribution in [-0.4, -0.2) is 5.11 Å². The molecule has 1 aromatic carbocycles. The number of hydrogen-bond donors (Lipinski definition) is 2. The van der Waals surface area contributed by atoms with Crippen molar-refractivity contribution in [2.24, 2.45) is 5.73 Å². The molecule has 0 heterocycles. The van der Waals surface area contributed by atoms with E-state index in [-0.39, 0.29) is 10.9 Å². The Morgan fingerprint density at radius 2 is 2.31 bits per heavy atom. The first-order valence-electron chi connectivity index (χ1n) is 3.88. The van der Waals surface area contributed by atoms with Crippen molar-refractivity contribution in [2.45, 2.75) is 13.5 Å². The summed E-state index contributed by atoms with van der Waals surface area (Å²) in [4.78, 5) is 0. The van der Waals surface area contributed by atoms with Gasteiger partial charge in [0.05, 0.1) is 0 Å². The van der Waals surface area contributed by atoms with Crippen molar-refractivity contribution < 1.29 is 4.39 Å². The lowest BCUT2D eigenvalue weighted by atomic mass is 10.1. The highest BCUT2D eigenvalue weighted by Gasteiger charge is 1.98. The Bertz CT molecular complexity index is 325. The Hall–Kier alpha value is -1.16. The standard InChI is InChI=1S/C9H11FN2S/c1-6-4-7(2-3-8(6)10)5-12-9(11)13/h2-4H,5H2,1H3,(H3,11,12,13). The summed E-state index contributed by atoms with van der Waals surface area (Å²) in [7, 11) is 0. The van der Waals surface area contributed by atoms with E-state index in [2.05, 4.69) is 17.5 Å². The van der Waals surface area contributed by atoms with Crippen LogP contribution in [0.3, 0.4) is 0 Å². The number of thiocarbonyl (C=S) groups is 1. The van der Waals surface area contributed by atoms with Gasteiger partial charge in [-0.2, -0.15) is 0 Å². The molecule has 0 aliphatic rings. The number of benzene rings is 1. The zero-order chi connectivity index (χ0) is 9.84. The summed E-state index contributed by atoms with van der Waals surface area (Å²) >= 11 is 4.65. The summed E-state index contributed by atoms with van der Waals surface area (Å²) in [5.74, 6) is -0.195. The predicted octanol–water partition coefficient (Wildman–Crippen LogP) is 1.47. The number of nitrogens with two attached hydrogens (primary N) is 1. The third kappa shape index (κ3) is 2.99. The van der Waals surface area contributed by atoms with Gasteiger partial charge in [0.1, 0.15) is 5.82 Å². The van der Waals surface area contributed by atoms with Gasteiger partial charge in [0, 0.05) is 6.54 Å². The smallest absolute Gasteiger partial charge is 0.163 e. The maximum Gasteiger partial charge on any atom is 0.163 e. The highest BCUT2D eigenvalue weighted by Crippen LogP contribution is 2.08. The van der Waals surface area contributed by atoms with Gasteiger partial charge in [-0.05, 0) is 36.3 Å². The highest BCUT2D eigenvalue weighted by molar-refractivity contribution is 7.80. The number of halogens is 1. The predicted molar refractivity (Wildman–Crippen MR) is 54.8 cm³/mol. The van der Waals surface area contributed by atoms with Crippen LogP contribution in [0, 0.1) is 12.7 Å². The molecule has 0 saturated carbocycles. The molecule has 1 aromatic rings. The molecule has 0 bridgehead atoms. The van der Waals surface area contributed by atoms with E-state index < -0.39 is 0 Å². The van der Waals surface area contributed by atoms with Crippen LogP contribution in [-0.2, 0) is 6.54 Å². The Morgan fingerprint density at radius 1 is 1.62 bits per heavy atom. The van der Waals surface area contributed by atoms with Crippen LogP contribution in [0.4, 0.5) is 4.39 Å². The fourth-order valence-electron chi connectivity index (χ4n) is 1.01. The Morgan fingerprint density at radius 3 is 2.85 bits per heavy atom. The minimum absolute atomic E-state index is 0.195. The van der Waals surface area contributed by atoms with Crippen LogP contribution < -0.4 is 11.1 Å². The molecular weight excluding hydrogens is 187 g/mol. The minimum Gasteiger partial charge on any atom is -0.376 e. The number of nitrogens with one attached hydrogen (secondary N) is 1. The lowest BCUT2D eigenvalue weighted by Gasteiger charge is -2.04. The SMILES string of the molecule is Cc1cc(CNC(N)=S)ccc1F. The molecule has 0 atom stereocenters. The van der Waals surface area contributed by atoms with E-state index in [9.17, 15) is 4.39 Å². The topological polar surface area (TPSA) is 38.0 Å². The van der Waals surface area contributed by atoms with Crippen molar-refractivity contribution in [3.63, 3.8) is 0 Å². The maximum absolute atomic E-state index is 12.8. The van der Waals surface area contributed by atoms with E-state index >= 15 is 0 Å². The van der Waals surface area contributed by atoms with E-state index in [0.717, 1.165) is 5.56 Å². The Kier molecular flexibility index (Phi) is 3.19. The van der Waals surface area contributed by atoms with Crippen molar-refractivity contribution in [3.8, 4) is 0 Å². The molecule has 0 fully saturated rings. The summed E-state index contributed by atoms with van der Waals surface area (Å²) in [6, 6.07) is 4.90. The molecule has 4 heteroatoms. The minimum atomic E-state index is -0.195. The maximum atomic E-state index is 12.8. The molecule has 0 aromatic heterocycles. The van der Waals surface area contributed by atoms with Crippen LogP contribution >= 0.6 is 12.2 Å². The molecule has 70 valence electrons. The second-order valence-electron chi connectivity index (χ2n) is 2.80. The van der Waals surface area contributed by atoms with Crippen LogP contribution in [0.15, 0.2) is 18.2 Å². The molecule has 2 nitrogen and oxygen atoms in total. The molecule has 0 aliphatic carbocycles. The Balaban J connectivity index is 2.68. The zero-order valence-corrected chi connectivity index (χ0v) is 8.12. The molecule has 0 spiro atoms. The zero-order valence-electron chi connectivity index (χ0n) is 7.30. The lowest BCUT2D eigenvalue weighted by Crippen LogP contribution is -2.28. The van der Waals surface area contributed by atoms with Gasteiger partial charge in [-0.3, -0.25) is 0 Å². The van der Waals surface area contributed by atoms with Crippen LogP contribution in [0.5, 0.6) is 0 Å². The fraction of sp³-hybridized carbons (Fsp3) is 0.222. The molecule has 0 amide bonds. The molecule has 1 rings (SSSR count). The summed E-state index contributed by atoms with van der Waals surface area (Å²) in [6.45, 7) is 2.26. The monoisotopic (exact) mass is 198 g/mol. The first kappa shape index (κ1) is 9.92. The Labute approximate surface area is 81.9 Å². The summed E-state index contributed by atoms with van der Waals surface area (Å²) in [5, 5.41) is 3.05. The number of hydrogen-bond acceptors (Lipinski definition) is 1. The van der Waals surface area contributed by atoms with Gasteiger partial charge in [-0.1, -0.05) is 12.1 Å². The van der Waals surface area contributed by atoms with Gasteiger partial charge in [0.2, 0.25) is 0 Å². The molecule has 13 heavy (non-hydrogen) atoms. The van der Waals surface area contributed by atoms with E-state index in [1.807, 2.05) is 0 Å². The normalized spacial score (nSPS) is 9.69. The van der Waals surface area contributed by atoms with Crippen molar-refractivity contribution >= 4 is 17.3 Å². The van der Waals surface area contributed by atoms with E-state index in [0.29, 0.717) is 12.1 Å². The molecule has 3 N–H and O–H groups in total. The van der Waals surface area contributed by atoms with Gasteiger partial charge in [0.25, 0.3) is 0 Å². The molecule has 0 unspecified atom stereocenters. The molecule has 0 radical (unpaired) electrons. The summed E-state index contributed by atoms with van der Waals surface area (Å²) < 4.78 is 12.8. The van der Waals surface area contributed by atoms with E-state index in [1.54, 1.807) is 19.1 Å². The second-order valence-corrected chi connectivity index (χ2v) is 3.24. The van der Waals surface area contributed by atoms with Crippen molar-refractivity contribution in [1.29, 1.82) is 0 Å². The van der Waals surface area contributed by atoms with Crippen LogP contribution in [0.1, 0.15) is 11.1 Å². The largest absolute Gasteiger partial charge is 0.376 e. The highest BCUT2D eigenvalue weighted by atomic mass is 32.1. The molecular formula is C9H11FN2S. The first-order valence-corrected chi connectivity index (χ1v) is 4.29. The van der Waals surface area contributed by atoms with Crippen molar-refractivity contribution in [2.75, 3.05) is 0 Å². The number of aryl methyl sites for hydroxylation is 1. The third-order valence-electron chi connectivity index (χ3n) is 1.69. The van der Waals surface area contributed by atoms with Gasteiger partial charge >= 0.3 is 0 Å². The van der Waals surface area contributed by atoms with Crippen molar-refractivity contribution in [3.05, 3.63) is 35.1 Å².